The van der Waals surface area contributed by atoms with E-state index in [-0.39, 0.29) is 6.54 Å². The second kappa shape index (κ2) is 6.88. The Balaban J connectivity index is 4.38. The lowest BCUT2D eigenvalue weighted by Crippen LogP contribution is -2.51. The highest BCUT2D eigenvalue weighted by atomic mass is 32.2. The number of nitrogens with two attached hydrogens (primary N) is 2. The zero-order valence-electron chi connectivity index (χ0n) is 9.25. The van der Waals surface area contributed by atoms with Crippen molar-refractivity contribution in [3.05, 3.63) is 0 Å². The molecular weight excluding hydrogens is 268 g/mol. The molecule has 7 N–H and O–H groups in total. The SMILES string of the molecule is NCC(=O)NCC(=O)NC(CS(=O)(=O)O)C(N)=O. The van der Waals surface area contributed by atoms with Crippen LogP contribution in [0, 0.1) is 0 Å². The molecule has 104 valence electrons. The molecule has 11 heteroatoms. The van der Waals surface area contributed by atoms with E-state index in [0.29, 0.717) is 0 Å². The summed E-state index contributed by atoms with van der Waals surface area (Å²) in [6.07, 6.45) is 0. The predicted molar refractivity (Wildman–Crippen MR) is 59.6 cm³/mol. The van der Waals surface area contributed by atoms with Crippen molar-refractivity contribution < 1.29 is 27.4 Å². The number of primary amides is 1. The van der Waals surface area contributed by atoms with Crippen molar-refractivity contribution in [2.45, 2.75) is 6.04 Å². The average Bonchev–Trinajstić information content (AvgIpc) is 2.22. The standard InChI is InChI=1S/C7H14N4O6S/c8-1-5(12)10-2-6(13)11-4(7(9)14)3-18(15,16)17/h4H,1-3,8H2,(H2,9,14)(H,10,12)(H,11,13)(H,15,16,17). The highest BCUT2D eigenvalue weighted by Crippen LogP contribution is 1.90. The van der Waals surface area contributed by atoms with E-state index in [1.165, 1.54) is 0 Å². The van der Waals surface area contributed by atoms with Gasteiger partial charge in [-0.3, -0.25) is 18.9 Å². The van der Waals surface area contributed by atoms with Gasteiger partial charge in [-0.2, -0.15) is 8.42 Å². The molecule has 0 aromatic carbocycles. The van der Waals surface area contributed by atoms with Gasteiger partial charge in [0.15, 0.2) is 0 Å². The number of rotatable bonds is 7. The van der Waals surface area contributed by atoms with E-state index in [2.05, 4.69) is 5.32 Å². The van der Waals surface area contributed by atoms with Crippen LogP contribution >= 0.6 is 0 Å². The summed E-state index contributed by atoms with van der Waals surface area (Å²) in [5.74, 6) is -3.62. The van der Waals surface area contributed by atoms with Gasteiger partial charge in [-0.1, -0.05) is 0 Å². The Bertz CT molecular complexity index is 433. The molecule has 18 heavy (non-hydrogen) atoms. The fraction of sp³-hybridized carbons (Fsp3) is 0.571. The van der Waals surface area contributed by atoms with Crippen molar-refractivity contribution in [1.82, 2.24) is 10.6 Å². The lowest BCUT2D eigenvalue weighted by molar-refractivity contribution is -0.128. The molecule has 0 heterocycles. The molecule has 0 aromatic heterocycles. The molecule has 0 saturated carbocycles. The highest BCUT2D eigenvalue weighted by molar-refractivity contribution is 7.85. The van der Waals surface area contributed by atoms with Crippen molar-refractivity contribution >= 4 is 27.8 Å². The molecule has 0 aliphatic rings. The van der Waals surface area contributed by atoms with Crippen LogP contribution in [0.5, 0.6) is 0 Å². The molecule has 0 rings (SSSR count). The molecular formula is C7H14N4O6S. The van der Waals surface area contributed by atoms with Crippen LogP contribution in [0.1, 0.15) is 0 Å². The highest BCUT2D eigenvalue weighted by Gasteiger charge is 2.23. The van der Waals surface area contributed by atoms with Crippen molar-refractivity contribution in [3.8, 4) is 0 Å². The molecule has 0 bridgehead atoms. The minimum atomic E-state index is -4.47. The molecule has 3 amide bonds. The molecule has 0 aliphatic carbocycles. The van der Waals surface area contributed by atoms with E-state index in [1.807, 2.05) is 5.32 Å². The van der Waals surface area contributed by atoms with Gasteiger partial charge in [-0.05, 0) is 0 Å². The summed E-state index contributed by atoms with van der Waals surface area (Å²) in [4.78, 5) is 32.8. The Morgan fingerprint density at radius 3 is 2.17 bits per heavy atom. The third-order valence-corrected chi connectivity index (χ3v) is 2.44. The molecule has 1 unspecified atom stereocenters. The maximum atomic E-state index is 11.2. The first-order valence-electron chi connectivity index (χ1n) is 4.66. The van der Waals surface area contributed by atoms with E-state index >= 15 is 0 Å². The topological polar surface area (TPSA) is 182 Å². The zero-order chi connectivity index (χ0) is 14.3. The summed E-state index contributed by atoms with van der Waals surface area (Å²) >= 11 is 0. The van der Waals surface area contributed by atoms with Gasteiger partial charge < -0.3 is 22.1 Å². The second-order valence-electron chi connectivity index (χ2n) is 3.25. The summed E-state index contributed by atoms with van der Waals surface area (Å²) in [5.41, 5.74) is 9.80. The van der Waals surface area contributed by atoms with Crippen LogP contribution in [-0.4, -0.2) is 55.6 Å². The summed E-state index contributed by atoms with van der Waals surface area (Å²) in [5, 5.41) is 4.04. The van der Waals surface area contributed by atoms with E-state index < -0.39 is 46.2 Å². The summed E-state index contributed by atoms with van der Waals surface area (Å²) in [7, 11) is -4.47. The zero-order valence-corrected chi connectivity index (χ0v) is 10.1. The van der Waals surface area contributed by atoms with Crippen LogP contribution < -0.4 is 22.1 Å². The Labute approximate surface area is 103 Å². The van der Waals surface area contributed by atoms with Crippen LogP contribution in [0.25, 0.3) is 0 Å². The van der Waals surface area contributed by atoms with Crippen LogP contribution in [0.3, 0.4) is 0 Å². The Morgan fingerprint density at radius 2 is 1.78 bits per heavy atom. The van der Waals surface area contributed by atoms with E-state index in [0.717, 1.165) is 0 Å². The number of hydrogen-bond donors (Lipinski definition) is 5. The van der Waals surface area contributed by atoms with Crippen molar-refractivity contribution in [1.29, 1.82) is 0 Å². The first-order valence-corrected chi connectivity index (χ1v) is 6.27. The van der Waals surface area contributed by atoms with Gasteiger partial charge in [-0.15, -0.1) is 0 Å². The smallest absolute Gasteiger partial charge is 0.267 e. The van der Waals surface area contributed by atoms with Gasteiger partial charge in [0.05, 0.1) is 13.1 Å². The largest absolute Gasteiger partial charge is 0.368 e. The molecule has 1 atom stereocenters. The van der Waals surface area contributed by atoms with Crippen LogP contribution in [0.2, 0.25) is 0 Å². The average molecular weight is 282 g/mol. The predicted octanol–water partition coefficient (Wildman–Crippen LogP) is -4.08. The van der Waals surface area contributed by atoms with Gasteiger partial charge in [0.2, 0.25) is 17.7 Å². The van der Waals surface area contributed by atoms with Gasteiger partial charge in [0.25, 0.3) is 10.1 Å². The molecule has 0 spiro atoms. The summed E-state index contributed by atoms with van der Waals surface area (Å²) < 4.78 is 29.6. The van der Waals surface area contributed by atoms with Crippen molar-refractivity contribution in [2.75, 3.05) is 18.8 Å². The van der Waals surface area contributed by atoms with Crippen molar-refractivity contribution in [2.24, 2.45) is 11.5 Å². The molecule has 0 saturated heterocycles. The summed E-state index contributed by atoms with van der Waals surface area (Å²) in [6, 6.07) is -1.58. The summed E-state index contributed by atoms with van der Waals surface area (Å²) in [6.45, 7) is -0.817. The maximum absolute atomic E-state index is 11.2. The number of hydrogen-bond acceptors (Lipinski definition) is 6. The molecule has 0 aliphatic heterocycles. The number of carbonyl (C=O) groups excluding carboxylic acids is 3. The fourth-order valence-electron chi connectivity index (χ4n) is 0.902. The molecule has 0 fully saturated rings. The minimum absolute atomic E-state index is 0.322. The number of nitrogens with one attached hydrogen (secondary N) is 2. The first-order chi connectivity index (χ1) is 8.15. The lowest BCUT2D eigenvalue weighted by atomic mass is 10.3. The monoisotopic (exact) mass is 282 g/mol. The van der Waals surface area contributed by atoms with Gasteiger partial charge in [0, 0.05) is 0 Å². The van der Waals surface area contributed by atoms with E-state index in [1.54, 1.807) is 0 Å². The second-order valence-corrected chi connectivity index (χ2v) is 4.75. The van der Waals surface area contributed by atoms with Crippen LogP contribution in [-0.2, 0) is 24.5 Å². The third-order valence-electron chi connectivity index (χ3n) is 1.69. The quantitative estimate of drug-likeness (QED) is 0.294. The Kier molecular flexibility index (Phi) is 6.22. The van der Waals surface area contributed by atoms with Gasteiger partial charge in [-0.25, -0.2) is 0 Å². The van der Waals surface area contributed by atoms with E-state index in [4.69, 9.17) is 16.0 Å². The van der Waals surface area contributed by atoms with Gasteiger partial charge in [0.1, 0.15) is 11.8 Å². The van der Waals surface area contributed by atoms with Gasteiger partial charge >= 0.3 is 0 Å². The maximum Gasteiger partial charge on any atom is 0.267 e. The first kappa shape index (κ1) is 16.3. The lowest BCUT2D eigenvalue weighted by Gasteiger charge is -2.13. The van der Waals surface area contributed by atoms with E-state index in [9.17, 15) is 22.8 Å². The number of amides is 3. The van der Waals surface area contributed by atoms with Crippen LogP contribution in [0.15, 0.2) is 0 Å². The van der Waals surface area contributed by atoms with Crippen molar-refractivity contribution in [3.63, 3.8) is 0 Å². The molecule has 0 radical (unpaired) electrons. The Hall–Kier alpha value is -1.72. The third kappa shape index (κ3) is 7.54. The number of carbonyl (C=O) groups is 3. The minimum Gasteiger partial charge on any atom is -0.368 e. The molecule has 10 nitrogen and oxygen atoms in total. The molecule has 0 aromatic rings. The Morgan fingerprint density at radius 1 is 1.22 bits per heavy atom. The van der Waals surface area contributed by atoms with Crippen LogP contribution in [0.4, 0.5) is 0 Å². The normalized spacial score (nSPS) is 12.6. The fourth-order valence-corrected chi connectivity index (χ4v) is 1.57.